The average molecular weight is 1130 g/mol. The minimum atomic E-state index is -0.665. The van der Waals surface area contributed by atoms with Gasteiger partial charge in [0.2, 0.25) is 11.8 Å². The Labute approximate surface area is 484 Å². The van der Waals surface area contributed by atoms with Gasteiger partial charge in [-0.1, -0.05) is 41.5 Å². The van der Waals surface area contributed by atoms with Gasteiger partial charge >= 0.3 is 24.2 Å². The molecule has 6 saturated heterocycles. The zero-order valence-electron chi connectivity index (χ0n) is 52.5. The van der Waals surface area contributed by atoms with E-state index in [1.54, 1.807) is 0 Å². The fraction of sp³-hybridized carbons (Fsp3) is 0.902. The third kappa shape index (κ3) is 27.4. The highest BCUT2D eigenvalue weighted by molar-refractivity contribution is 5.79. The Hall–Kier alpha value is -3.94. The molecule has 19 heteroatoms. The number of piperidine rings is 3. The first-order chi connectivity index (χ1) is 37.7. The van der Waals surface area contributed by atoms with Crippen molar-refractivity contribution in [2.24, 2.45) is 41.2 Å². The second kappa shape index (κ2) is 35.9. The highest BCUT2D eigenvalue weighted by Gasteiger charge is 2.35. The van der Waals surface area contributed by atoms with Gasteiger partial charge in [-0.3, -0.25) is 14.4 Å². The van der Waals surface area contributed by atoms with Crippen LogP contribution < -0.4 is 16.4 Å². The SMILES string of the molecule is CC(C)(C)OC(=O)N1CCC[C@H](N2CCC(C(=O)O)CC2)CC1.CC(C)CN.CC(C)CNC(=O)C1CCN([C@H]2CCCN(C(=O)OC(C)(C)C)CC2)CC1.CCOC(=O)N1CCC[C@H](N2CCC(C(=O)NCC(C)C)CC2)CC1. The fourth-order valence-electron chi connectivity index (χ4n) is 11.2. The number of rotatable bonds is 12. The molecule has 0 aromatic rings. The molecule has 0 bridgehead atoms. The van der Waals surface area contributed by atoms with Crippen molar-refractivity contribution in [1.29, 1.82) is 0 Å². The van der Waals surface area contributed by atoms with Gasteiger partial charge in [-0.25, -0.2) is 14.4 Å². The van der Waals surface area contributed by atoms with Crippen molar-refractivity contribution in [3.63, 3.8) is 0 Å². The minimum Gasteiger partial charge on any atom is -0.481 e. The van der Waals surface area contributed by atoms with Crippen molar-refractivity contribution in [2.45, 2.75) is 216 Å². The lowest BCUT2D eigenvalue weighted by Crippen LogP contribution is -2.45. The second-order valence-electron chi connectivity index (χ2n) is 26.6. The van der Waals surface area contributed by atoms with Gasteiger partial charge in [0.25, 0.3) is 0 Å². The largest absolute Gasteiger partial charge is 0.481 e. The van der Waals surface area contributed by atoms with Gasteiger partial charge in [0.05, 0.1) is 12.5 Å². The third-order valence-corrected chi connectivity index (χ3v) is 16.0. The van der Waals surface area contributed by atoms with Crippen LogP contribution in [0.1, 0.15) is 186 Å². The zero-order chi connectivity index (χ0) is 59.6. The molecule has 6 heterocycles. The predicted octanol–water partition coefficient (Wildman–Crippen LogP) is 8.92. The van der Waals surface area contributed by atoms with E-state index in [-0.39, 0.29) is 47.8 Å². The van der Waals surface area contributed by atoms with Gasteiger partial charge < -0.3 is 65.1 Å². The molecule has 19 nitrogen and oxygen atoms in total. The normalized spacial score (nSPS) is 22.9. The quantitative estimate of drug-likeness (QED) is 0.134. The van der Waals surface area contributed by atoms with Crippen molar-refractivity contribution < 1.29 is 48.1 Å². The molecule has 0 aromatic heterocycles. The van der Waals surface area contributed by atoms with Gasteiger partial charge in [0, 0.05) is 82.3 Å². The van der Waals surface area contributed by atoms with Crippen LogP contribution >= 0.6 is 0 Å². The summed E-state index contributed by atoms with van der Waals surface area (Å²) in [6.45, 7) is 38.9. The van der Waals surface area contributed by atoms with Crippen molar-refractivity contribution in [3.05, 3.63) is 0 Å². The van der Waals surface area contributed by atoms with Gasteiger partial charge in [-0.15, -0.1) is 0 Å². The Morgan fingerprint density at radius 2 is 0.762 bits per heavy atom. The number of aliphatic carboxylic acids is 1. The number of hydrogen-bond donors (Lipinski definition) is 4. The van der Waals surface area contributed by atoms with Crippen LogP contribution in [0, 0.1) is 35.5 Å². The molecule has 3 atom stereocenters. The Balaban J connectivity index is 0.000000302. The van der Waals surface area contributed by atoms with E-state index in [0.29, 0.717) is 42.5 Å². The molecule has 0 saturated carbocycles. The maximum Gasteiger partial charge on any atom is 0.410 e. The van der Waals surface area contributed by atoms with Crippen LogP contribution in [0.25, 0.3) is 0 Å². The molecule has 464 valence electrons. The molecule has 0 aliphatic carbocycles. The van der Waals surface area contributed by atoms with Crippen molar-refractivity contribution in [3.8, 4) is 0 Å². The highest BCUT2D eigenvalue weighted by atomic mass is 16.6. The molecule has 6 aliphatic rings. The van der Waals surface area contributed by atoms with E-state index in [2.05, 4.69) is 66.9 Å². The zero-order valence-corrected chi connectivity index (χ0v) is 52.5. The predicted molar refractivity (Wildman–Crippen MR) is 317 cm³/mol. The first kappa shape index (κ1) is 70.3. The van der Waals surface area contributed by atoms with Crippen LogP contribution in [-0.2, 0) is 28.6 Å². The van der Waals surface area contributed by atoms with Crippen LogP contribution in [0.15, 0.2) is 0 Å². The summed E-state index contributed by atoms with van der Waals surface area (Å²) >= 11 is 0. The van der Waals surface area contributed by atoms with Crippen molar-refractivity contribution >= 4 is 36.1 Å². The van der Waals surface area contributed by atoms with Crippen LogP contribution in [0.2, 0.25) is 0 Å². The van der Waals surface area contributed by atoms with Crippen LogP contribution in [0.4, 0.5) is 14.4 Å². The summed E-state index contributed by atoms with van der Waals surface area (Å²) in [5, 5.41) is 15.2. The molecule has 80 heavy (non-hydrogen) atoms. The van der Waals surface area contributed by atoms with E-state index in [1.165, 1.54) is 0 Å². The molecule has 0 aromatic carbocycles. The number of ether oxygens (including phenoxy) is 3. The van der Waals surface area contributed by atoms with Gasteiger partial charge in [-0.2, -0.15) is 0 Å². The molecule has 0 radical (unpaired) electrons. The summed E-state index contributed by atoms with van der Waals surface area (Å²) in [7, 11) is 0. The van der Waals surface area contributed by atoms with E-state index in [0.717, 1.165) is 194 Å². The topological polar surface area (TPSA) is 220 Å². The minimum absolute atomic E-state index is 0.157. The lowest BCUT2D eigenvalue weighted by Gasteiger charge is -2.37. The molecule has 6 fully saturated rings. The van der Waals surface area contributed by atoms with E-state index < -0.39 is 17.2 Å². The summed E-state index contributed by atoms with van der Waals surface area (Å²) in [5.74, 6) is 1.57. The summed E-state index contributed by atoms with van der Waals surface area (Å²) in [4.78, 5) is 85.0. The number of carboxylic acid groups (broad SMARTS) is 1. The van der Waals surface area contributed by atoms with Crippen LogP contribution in [0.5, 0.6) is 0 Å². The number of nitrogens with one attached hydrogen (secondary N) is 2. The standard InChI is InChI=1S/C21H39N3O3.C19H35N3O3.C17H30N2O4.C4H11N/c1-16(2)15-22-19(25)17-8-12-23(13-9-17)18-7-6-11-24(14-10-18)20(26)27-21(3,4)5;1-4-25-19(24)22-10-5-6-17(9-13-22)21-11-7-16(8-12-21)18(23)20-14-15(2)3;1-17(2,3)23-16(22)19-9-4-5-14(8-12-19)18-10-6-13(7-11-18)15(20)21;1-4(2)3-5/h16-18H,6-15H2,1-5H3,(H,22,25);15-17H,4-14H2,1-3H3,(H,20,23);13-14H,4-12H2,1-3H3,(H,20,21);4H,3,5H2,1-2H3/t18-;17-;14-;/m000./s1. The van der Waals surface area contributed by atoms with Crippen molar-refractivity contribution in [2.75, 3.05) is 105 Å². The fourth-order valence-corrected chi connectivity index (χ4v) is 11.2. The van der Waals surface area contributed by atoms with Gasteiger partial charge in [0.1, 0.15) is 11.2 Å². The molecule has 5 amide bonds. The average Bonchev–Trinajstić information content (AvgIpc) is 3.93. The Morgan fingerprint density at radius 3 is 1.02 bits per heavy atom. The number of carboxylic acids is 1. The maximum absolute atomic E-state index is 12.3. The van der Waals surface area contributed by atoms with Gasteiger partial charge in [0.15, 0.2) is 0 Å². The Morgan fingerprint density at radius 1 is 0.463 bits per heavy atom. The van der Waals surface area contributed by atoms with Crippen LogP contribution in [0.3, 0.4) is 0 Å². The van der Waals surface area contributed by atoms with E-state index in [4.69, 9.17) is 25.1 Å². The molecule has 0 unspecified atom stereocenters. The monoisotopic (exact) mass is 1130 g/mol. The molecule has 0 spiro atoms. The Kier molecular flexibility index (Phi) is 31.6. The lowest BCUT2D eigenvalue weighted by atomic mass is 9.93. The van der Waals surface area contributed by atoms with E-state index >= 15 is 0 Å². The molecule has 5 N–H and O–H groups in total. The number of amides is 5. The van der Waals surface area contributed by atoms with Gasteiger partial charge in [-0.05, 0) is 208 Å². The van der Waals surface area contributed by atoms with E-state index in [1.807, 2.05) is 63.2 Å². The number of carbonyl (C=O) groups excluding carboxylic acids is 5. The Bertz CT molecular complexity index is 1820. The lowest BCUT2D eigenvalue weighted by molar-refractivity contribution is -0.143. The molecule has 6 aliphatic heterocycles. The summed E-state index contributed by atoms with van der Waals surface area (Å²) in [5.41, 5.74) is 4.27. The first-order valence-electron chi connectivity index (χ1n) is 31.3. The molecular weight excluding hydrogens is 1020 g/mol. The molecular formula is C61H115N9O10. The highest BCUT2D eigenvalue weighted by Crippen LogP contribution is 2.28. The number of carbonyl (C=O) groups is 6. The second-order valence-corrected chi connectivity index (χ2v) is 26.6. The number of nitrogens with two attached hydrogens (primary N) is 1. The number of likely N-dealkylation sites (tertiary alicyclic amines) is 6. The summed E-state index contributed by atoms with van der Waals surface area (Å²) < 4.78 is 16.1. The molecule has 6 rings (SSSR count). The summed E-state index contributed by atoms with van der Waals surface area (Å²) in [6, 6.07) is 1.49. The number of hydrogen-bond acceptors (Lipinski definition) is 13. The summed E-state index contributed by atoms with van der Waals surface area (Å²) in [6.07, 6.45) is 13.9. The maximum atomic E-state index is 12.3. The smallest absolute Gasteiger partial charge is 0.410 e. The van der Waals surface area contributed by atoms with Crippen molar-refractivity contribution in [1.82, 2.24) is 40.0 Å². The third-order valence-electron chi connectivity index (χ3n) is 16.0. The first-order valence-corrected chi connectivity index (χ1v) is 31.3. The number of nitrogens with zero attached hydrogens (tertiary/aromatic N) is 6. The van der Waals surface area contributed by atoms with Crippen LogP contribution in [-0.4, -0.2) is 205 Å². The van der Waals surface area contributed by atoms with E-state index in [9.17, 15) is 28.8 Å².